The Morgan fingerprint density at radius 1 is 1.27 bits per heavy atom. The van der Waals surface area contributed by atoms with Crippen molar-refractivity contribution in [2.24, 2.45) is 0 Å². The maximum atomic E-state index is 5.75. The van der Waals surface area contributed by atoms with Crippen molar-refractivity contribution in [1.82, 2.24) is 0 Å². The molecule has 0 bridgehead atoms. The highest BCUT2D eigenvalue weighted by Crippen LogP contribution is 2.16. The summed E-state index contributed by atoms with van der Waals surface area (Å²) in [6, 6.07) is 6.03. The summed E-state index contributed by atoms with van der Waals surface area (Å²) in [7, 11) is 0. The molecule has 0 nitrogen and oxygen atoms in total. The van der Waals surface area contributed by atoms with E-state index in [1.54, 1.807) is 0 Å². The summed E-state index contributed by atoms with van der Waals surface area (Å²) < 4.78 is 0.459. The lowest BCUT2D eigenvalue weighted by atomic mass is 10.1. The first-order chi connectivity index (χ1) is 5.13. The Morgan fingerprint density at radius 2 is 1.73 bits per heavy atom. The average Bonchev–Trinajstić information content (AvgIpc) is 1.85. The molecule has 0 spiro atoms. The molecule has 2 heteroatoms. The second-order valence-corrected chi connectivity index (χ2v) is 3.55. The van der Waals surface area contributed by atoms with Crippen LogP contribution in [0.5, 0.6) is 0 Å². The standard InChI is InChI=1S/C9H9ClS/c1-6-4-3-5-7(2)8(6)9(10)11/h3-5H,1-2H3. The van der Waals surface area contributed by atoms with Crippen molar-refractivity contribution in [1.29, 1.82) is 0 Å². The van der Waals surface area contributed by atoms with Gasteiger partial charge in [0.2, 0.25) is 0 Å². The van der Waals surface area contributed by atoms with E-state index in [4.69, 9.17) is 23.8 Å². The minimum absolute atomic E-state index is 0.459. The molecule has 0 saturated carbocycles. The SMILES string of the molecule is Cc1cccc(C)c1C(=S)Cl. The average molecular weight is 185 g/mol. The number of rotatable bonds is 1. The van der Waals surface area contributed by atoms with E-state index in [9.17, 15) is 0 Å². The van der Waals surface area contributed by atoms with Gasteiger partial charge in [0.25, 0.3) is 0 Å². The van der Waals surface area contributed by atoms with Gasteiger partial charge in [-0.15, -0.1) is 0 Å². The molecule has 0 aliphatic rings. The highest BCUT2D eigenvalue weighted by Gasteiger charge is 2.03. The van der Waals surface area contributed by atoms with Gasteiger partial charge in [-0.3, -0.25) is 0 Å². The number of benzene rings is 1. The Kier molecular flexibility index (Phi) is 2.63. The number of hydrogen-bond acceptors (Lipinski definition) is 1. The monoisotopic (exact) mass is 184 g/mol. The highest BCUT2D eigenvalue weighted by molar-refractivity contribution is 7.83. The lowest BCUT2D eigenvalue weighted by molar-refractivity contribution is 1.37. The van der Waals surface area contributed by atoms with E-state index in [2.05, 4.69) is 0 Å². The van der Waals surface area contributed by atoms with Crippen molar-refractivity contribution in [3.05, 3.63) is 34.9 Å². The number of aryl methyl sites for hydroxylation is 2. The lowest BCUT2D eigenvalue weighted by Gasteiger charge is -2.04. The van der Waals surface area contributed by atoms with Gasteiger partial charge in [0.05, 0.1) is 0 Å². The molecule has 0 aliphatic carbocycles. The van der Waals surface area contributed by atoms with Crippen LogP contribution in [0.1, 0.15) is 16.7 Å². The van der Waals surface area contributed by atoms with Crippen molar-refractivity contribution < 1.29 is 0 Å². The summed E-state index contributed by atoms with van der Waals surface area (Å²) >= 11 is 10.6. The molecule has 58 valence electrons. The predicted octanol–water partition coefficient (Wildman–Crippen LogP) is 3.22. The number of halogens is 1. The molecule has 0 aromatic heterocycles. The van der Waals surface area contributed by atoms with Crippen LogP contribution in [-0.2, 0) is 0 Å². The second-order valence-electron chi connectivity index (χ2n) is 2.54. The molecule has 11 heavy (non-hydrogen) atoms. The summed E-state index contributed by atoms with van der Waals surface area (Å²) in [4.78, 5) is 0. The molecule has 0 amide bonds. The molecule has 0 atom stereocenters. The van der Waals surface area contributed by atoms with Crippen molar-refractivity contribution in [3.63, 3.8) is 0 Å². The Labute approximate surface area is 77.2 Å². The van der Waals surface area contributed by atoms with Gasteiger partial charge in [-0.05, 0) is 25.0 Å². The van der Waals surface area contributed by atoms with E-state index in [0.717, 1.165) is 16.7 Å². The molecule has 0 aliphatic heterocycles. The summed E-state index contributed by atoms with van der Waals surface area (Å²) in [5.41, 5.74) is 3.29. The molecule has 0 N–H and O–H groups in total. The first kappa shape index (κ1) is 8.69. The Morgan fingerprint density at radius 3 is 2.00 bits per heavy atom. The molecule has 0 radical (unpaired) electrons. The van der Waals surface area contributed by atoms with Gasteiger partial charge in [-0.25, -0.2) is 0 Å². The van der Waals surface area contributed by atoms with Crippen LogP contribution in [0.3, 0.4) is 0 Å². The van der Waals surface area contributed by atoms with Crippen molar-refractivity contribution in [3.8, 4) is 0 Å². The van der Waals surface area contributed by atoms with E-state index in [0.29, 0.717) is 4.32 Å². The summed E-state index contributed by atoms with van der Waals surface area (Å²) in [5, 5.41) is 0. The number of thiocarbonyl (C=S) groups is 1. The molecule has 0 unspecified atom stereocenters. The Balaban J connectivity index is 3.32. The minimum Gasteiger partial charge on any atom is -0.0709 e. The summed E-state index contributed by atoms with van der Waals surface area (Å²) in [6.45, 7) is 4.02. The van der Waals surface area contributed by atoms with Gasteiger partial charge in [0.15, 0.2) is 0 Å². The molecule has 0 heterocycles. The van der Waals surface area contributed by atoms with Crippen molar-refractivity contribution in [2.45, 2.75) is 13.8 Å². The smallest absolute Gasteiger partial charge is 0.0709 e. The van der Waals surface area contributed by atoms with Crippen molar-refractivity contribution in [2.75, 3.05) is 0 Å². The summed E-state index contributed by atoms with van der Waals surface area (Å²) in [5.74, 6) is 0. The molecule has 1 rings (SSSR count). The fourth-order valence-corrected chi connectivity index (χ4v) is 1.74. The van der Waals surface area contributed by atoms with Gasteiger partial charge < -0.3 is 0 Å². The van der Waals surface area contributed by atoms with Crippen LogP contribution in [0.2, 0.25) is 0 Å². The topological polar surface area (TPSA) is 0 Å². The summed E-state index contributed by atoms with van der Waals surface area (Å²) in [6.07, 6.45) is 0. The third-order valence-corrected chi connectivity index (χ3v) is 2.07. The fraction of sp³-hybridized carbons (Fsp3) is 0.222. The highest BCUT2D eigenvalue weighted by atomic mass is 35.5. The van der Waals surface area contributed by atoms with Crippen LogP contribution in [0.15, 0.2) is 18.2 Å². The van der Waals surface area contributed by atoms with Crippen LogP contribution in [0, 0.1) is 13.8 Å². The normalized spacial score (nSPS) is 9.73. The Bertz CT molecular complexity index is 271. The van der Waals surface area contributed by atoms with Gasteiger partial charge in [-0.2, -0.15) is 0 Å². The Hall–Kier alpha value is -0.400. The van der Waals surface area contributed by atoms with E-state index in [-0.39, 0.29) is 0 Å². The number of hydrogen-bond donors (Lipinski definition) is 0. The lowest BCUT2D eigenvalue weighted by Crippen LogP contribution is -1.95. The van der Waals surface area contributed by atoms with Crippen LogP contribution < -0.4 is 0 Å². The maximum absolute atomic E-state index is 5.75. The van der Waals surface area contributed by atoms with Gasteiger partial charge in [0.1, 0.15) is 4.32 Å². The van der Waals surface area contributed by atoms with Gasteiger partial charge >= 0.3 is 0 Å². The molecular formula is C9H9ClS. The van der Waals surface area contributed by atoms with E-state index >= 15 is 0 Å². The van der Waals surface area contributed by atoms with E-state index < -0.39 is 0 Å². The van der Waals surface area contributed by atoms with Gasteiger partial charge in [0, 0.05) is 5.56 Å². The fourth-order valence-electron chi connectivity index (χ4n) is 1.12. The molecular weight excluding hydrogens is 176 g/mol. The quantitative estimate of drug-likeness (QED) is 0.477. The maximum Gasteiger partial charge on any atom is 0.111 e. The third-order valence-electron chi connectivity index (χ3n) is 1.68. The first-order valence-corrected chi connectivity index (χ1v) is 4.17. The third kappa shape index (κ3) is 1.79. The van der Waals surface area contributed by atoms with E-state index in [1.807, 2.05) is 32.0 Å². The molecule has 1 aromatic rings. The first-order valence-electron chi connectivity index (χ1n) is 3.39. The predicted molar refractivity (Wildman–Crippen MR) is 53.5 cm³/mol. The second kappa shape index (κ2) is 3.33. The molecule has 0 fully saturated rings. The molecule has 0 saturated heterocycles. The van der Waals surface area contributed by atoms with Crippen LogP contribution in [-0.4, -0.2) is 4.32 Å². The van der Waals surface area contributed by atoms with Gasteiger partial charge in [-0.1, -0.05) is 42.0 Å². The zero-order chi connectivity index (χ0) is 8.43. The largest absolute Gasteiger partial charge is 0.111 e. The van der Waals surface area contributed by atoms with E-state index in [1.165, 1.54) is 0 Å². The van der Waals surface area contributed by atoms with Crippen LogP contribution in [0.4, 0.5) is 0 Å². The zero-order valence-corrected chi connectivity index (χ0v) is 8.09. The van der Waals surface area contributed by atoms with Crippen LogP contribution >= 0.6 is 23.8 Å². The zero-order valence-electron chi connectivity index (χ0n) is 6.52. The van der Waals surface area contributed by atoms with Crippen molar-refractivity contribution >= 4 is 28.1 Å². The van der Waals surface area contributed by atoms with Crippen LogP contribution in [0.25, 0.3) is 0 Å². The molecule has 1 aromatic carbocycles. The minimum atomic E-state index is 0.459.